The van der Waals surface area contributed by atoms with E-state index in [1.54, 1.807) is 30.6 Å². The number of hydrogen-bond acceptors (Lipinski definition) is 5. The number of fused-ring (bicyclic) bond motifs is 1. The van der Waals surface area contributed by atoms with Crippen molar-refractivity contribution in [2.75, 3.05) is 19.5 Å². The molecule has 1 aromatic carbocycles. The number of carbonyl (C=O) groups is 2. The average molecular weight is 339 g/mol. The summed E-state index contributed by atoms with van der Waals surface area (Å²) in [6, 6.07) is 9.00. The number of benzene rings is 1. The van der Waals surface area contributed by atoms with Gasteiger partial charge < -0.3 is 9.47 Å². The second-order valence-corrected chi connectivity index (χ2v) is 5.43. The van der Waals surface area contributed by atoms with Crippen LogP contribution >= 0.6 is 0 Å². The molecule has 2 heterocycles. The van der Waals surface area contributed by atoms with Crippen LogP contribution in [0.1, 0.15) is 15.9 Å². The van der Waals surface area contributed by atoms with Gasteiger partial charge in [-0.05, 0) is 30.7 Å². The molecule has 0 aliphatic carbocycles. The van der Waals surface area contributed by atoms with Gasteiger partial charge in [-0.3, -0.25) is 9.72 Å². The molecule has 0 bridgehead atoms. The minimum atomic E-state index is -0.527. The normalized spacial score (nSPS) is 10.5. The van der Waals surface area contributed by atoms with Crippen molar-refractivity contribution in [2.24, 2.45) is 0 Å². The molecule has 1 amide bonds. The van der Waals surface area contributed by atoms with E-state index in [2.05, 4.69) is 15.0 Å². The highest BCUT2D eigenvalue weighted by Gasteiger charge is 2.13. The first kappa shape index (κ1) is 16.5. The van der Waals surface area contributed by atoms with E-state index in [-0.39, 0.29) is 0 Å². The van der Waals surface area contributed by atoms with Gasteiger partial charge in [0.15, 0.2) is 0 Å². The number of esters is 1. The van der Waals surface area contributed by atoms with Gasteiger partial charge in [0.1, 0.15) is 5.65 Å². The number of nitrogens with one attached hydrogen (secondary N) is 1. The number of aromatic nitrogens is 2. The van der Waals surface area contributed by atoms with E-state index in [1.807, 2.05) is 23.5 Å². The van der Waals surface area contributed by atoms with Crippen molar-refractivity contribution >= 4 is 23.4 Å². The Kier molecular flexibility index (Phi) is 4.38. The largest absolute Gasteiger partial charge is 0.465 e. The Morgan fingerprint density at radius 2 is 1.84 bits per heavy atom. The Morgan fingerprint density at radius 3 is 2.48 bits per heavy atom. The molecule has 0 aliphatic heterocycles. The molecule has 25 heavy (non-hydrogen) atoms. The van der Waals surface area contributed by atoms with E-state index in [1.165, 1.54) is 14.2 Å². The van der Waals surface area contributed by atoms with Gasteiger partial charge >= 0.3 is 12.1 Å². The number of carbonyl (C=O) groups excluding carboxylic acids is 2. The summed E-state index contributed by atoms with van der Waals surface area (Å²) >= 11 is 0. The molecule has 128 valence electrons. The molecule has 1 N–H and O–H groups in total. The number of hydrogen-bond donors (Lipinski definition) is 1. The molecule has 7 heteroatoms. The zero-order chi connectivity index (χ0) is 18.0. The molecule has 0 aliphatic rings. The summed E-state index contributed by atoms with van der Waals surface area (Å²) in [5.74, 6) is -0.401. The van der Waals surface area contributed by atoms with Crippen molar-refractivity contribution in [3.63, 3.8) is 0 Å². The number of amides is 1. The minimum absolute atomic E-state index is 0.401. The van der Waals surface area contributed by atoms with Crippen molar-refractivity contribution < 1.29 is 19.1 Å². The van der Waals surface area contributed by atoms with Crippen molar-refractivity contribution in [3.05, 3.63) is 53.9 Å². The highest BCUT2D eigenvalue weighted by Crippen LogP contribution is 2.25. The number of nitrogens with zero attached hydrogens (tertiary/aromatic N) is 2. The van der Waals surface area contributed by atoms with Gasteiger partial charge in [0.2, 0.25) is 0 Å². The summed E-state index contributed by atoms with van der Waals surface area (Å²) in [5.41, 5.74) is 4.43. The zero-order valence-electron chi connectivity index (χ0n) is 14.1. The average Bonchev–Trinajstić information content (AvgIpc) is 3.06. The molecule has 0 saturated carbocycles. The quantitative estimate of drug-likeness (QED) is 0.741. The monoisotopic (exact) mass is 339 g/mol. The van der Waals surface area contributed by atoms with Crippen LogP contribution in [0.25, 0.3) is 16.9 Å². The Balaban J connectivity index is 2.02. The van der Waals surface area contributed by atoms with Gasteiger partial charge in [-0.2, -0.15) is 0 Å². The number of rotatable bonds is 3. The smallest absolute Gasteiger partial charge is 0.411 e. The first-order valence-corrected chi connectivity index (χ1v) is 7.55. The number of pyridine rings is 1. The standard InChI is InChI=1S/C18H17N3O4/c1-11-8-13(17(22)24-2)10-21-15(9-19-16(11)21)12-4-6-14(7-5-12)20-18(23)25-3/h4-10H,1-3H3,(H,20,23). The van der Waals surface area contributed by atoms with E-state index in [0.29, 0.717) is 11.3 Å². The SMILES string of the molecule is COC(=O)Nc1ccc(-c2cnc3c(C)cc(C(=O)OC)cn23)cc1. The first-order valence-electron chi connectivity index (χ1n) is 7.55. The molecule has 3 aromatic rings. The molecular formula is C18H17N3O4. The van der Waals surface area contributed by atoms with Gasteiger partial charge in [0.05, 0.1) is 31.7 Å². The lowest BCUT2D eigenvalue weighted by molar-refractivity contribution is 0.0600. The van der Waals surface area contributed by atoms with E-state index in [0.717, 1.165) is 22.5 Å². The third-order valence-corrected chi connectivity index (χ3v) is 3.82. The van der Waals surface area contributed by atoms with Crippen LogP contribution in [-0.2, 0) is 9.47 Å². The summed E-state index contributed by atoms with van der Waals surface area (Å²) < 4.78 is 11.2. The van der Waals surface area contributed by atoms with Crippen LogP contribution in [0, 0.1) is 6.92 Å². The Morgan fingerprint density at radius 1 is 1.12 bits per heavy atom. The van der Waals surface area contributed by atoms with Crippen molar-refractivity contribution in [1.29, 1.82) is 0 Å². The van der Waals surface area contributed by atoms with Gasteiger partial charge in [-0.15, -0.1) is 0 Å². The van der Waals surface area contributed by atoms with E-state index in [4.69, 9.17) is 4.74 Å². The van der Waals surface area contributed by atoms with Crippen molar-refractivity contribution in [1.82, 2.24) is 9.38 Å². The van der Waals surface area contributed by atoms with Crippen LogP contribution in [0.4, 0.5) is 10.5 Å². The predicted molar refractivity (Wildman–Crippen MR) is 92.7 cm³/mol. The molecule has 0 radical (unpaired) electrons. The Hall–Kier alpha value is -3.35. The van der Waals surface area contributed by atoms with Crippen LogP contribution in [0.5, 0.6) is 0 Å². The number of ether oxygens (including phenoxy) is 2. The van der Waals surface area contributed by atoms with Crippen LogP contribution in [-0.4, -0.2) is 35.7 Å². The van der Waals surface area contributed by atoms with Crippen molar-refractivity contribution in [3.8, 4) is 11.3 Å². The van der Waals surface area contributed by atoms with Crippen LogP contribution < -0.4 is 5.32 Å². The van der Waals surface area contributed by atoms with Gasteiger partial charge in [0, 0.05) is 17.4 Å². The molecule has 0 spiro atoms. The highest BCUT2D eigenvalue weighted by molar-refractivity contribution is 5.90. The summed E-state index contributed by atoms with van der Waals surface area (Å²) in [7, 11) is 2.66. The first-order chi connectivity index (χ1) is 12.0. The summed E-state index contributed by atoms with van der Waals surface area (Å²) in [4.78, 5) is 27.5. The number of methoxy groups -OCH3 is 2. The summed E-state index contributed by atoms with van der Waals surface area (Å²) in [6.07, 6.45) is 2.92. The number of aryl methyl sites for hydroxylation is 1. The maximum absolute atomic E-state index is 11.8. The number of imidazole rings is 1. The Bertz CT molecular complexity index is 945. The second kappa shape index (κ2) is 6.64. The molecular weight excluding hydrogens is 322 g/mol. The van der Waals surface area contributed by atoms with Crippen LogP contribution in [0.3, 0.4) is 0 Å². The van der Waals surface area contributed by atoms with Crippen molar-refractivity contribution in [2.45, 2.75) is 6.92 Å². The fourth-order valence-electron chi connectivity index (χ4n) is 2.59. The van der Waals surface area contributed by atoms with Crippen LogP contribution in [0.15, 0.2) is 42.7 Å². The lowest BCUT2D eigenvalue weighted by atomic mass is 10.1. The maximum Gasteiger partial charge on any atom is 0.411 e. The molecule has 3 rings (SSSR count). The molecule has 7 nitrogen and oxygen atoms in total. The molecule has 0 fully saturated rings. The van der Waals surface area contributed by atoms with E-state index >= 15 is 0 Å². The highest BCUT2D eigenvalue weighted by atomic mass is 16.5. The minimum Gasteiger partial charge on any atom is -0.465 e. The predicted octanol–water partition coefficient (Wildman–Crippen LogP) is 3.27. The Labute approximate surface area is 144 Å². The van der Waals surface area contributed by atoms with Crippen LogP contribution in [0.2, 0.25) is 0 Å². The van der Waals surface area contributed by atoms with Gasteiger partial charge in [-0.25, -0.2) is 14.6 Å². The van der Waals surface area contributed by atoms with Gasteiger partial charge in [-0.1, -0.05) is 12.1 Å². The molecule has 2 aromatic heterocycles. The molecule has 0 unspecified atom stereocenters. The third kappa shape index (κ3) is 3.16. The van der Waals surface area contributed by atoms with E-state index in [9.17, 15) is 9.59 Å². The maximum atomic E-state index is 11.8. The lowest BCUT2D eigenvalue weighted by Crippen LogP contribution is -2.10. The summed E-state index contributed by atoms with van der Waals surface area (Å²) in [5, 5.41) is 2.60. The fourth-order valence-corrected chi connectivity index (χ4v) is 2.59. The zero-order valence-corrected chi connectivity index (χ0v) is 14.1. The lowest BCUT2D eigenvalue weighted by Gasteiger charge is -2.08. The topological polar surface area (TPSA) is 81.9 Å². The second-order valence-electron chi connectivity index (χ2n) is 5.43. The molecule has 0 saturated heterocycles. The fraction of sp³-hybridized carbons (Fsp3) is 0.167. The number of anilines is 1. The summed E-state index contributed by atoms with van der Waals surface area (Å²) in [6.45, 7) is 1.89. The third-order valence-electron chi connectivity index (χ3n) is 3.82. The van der Waals surface area contributed by atoms with Gasteiger partial charge in [0.25, 0.3) is 0 Å². The molecule has 0 atom stereocenters. The van der Waals surface area contributed by atoms with E-state index < -0.39 is 12.1 Å².